The third kappa shape index (κ3) is 3.25. The van der Waals surface area contributed by atoms with Gasteiger partial charge < -0.3 is 4.98 Å². The molecule has 0 saturated heterocycles. The lowest BCUT2D eigenvalue weighted by atomic mass is 10.1. The van der Waals surface area contributed by atoms with Crippen molar-refractivity contribution in [2.45, 2.75) is 19.0 Å². The molecule has 0 fully saturated rings. The van der Waals surface area contributed by atoms with E-state index in [1.165, 1.54) is 11.8 Å². The highest BCUT2D eigenvalue weighted by Gasteiger charge is 2.20. The van der Waals surface area contributed by atoms with Gasteiger partial charge in [0.25, 0.3) is 5.56 Å². The summed E-state index contributed by atoms with van der Waals surface area (Å²) in [4.78, 5) is 28.8. The molecular formula is C23H19N5O2S. The predicted molar refractivity (Wildman–Crippen MR) is 121 cm³/mol. The van der Waals surface area contributed by atoms with Crippen molar-refractivity contribution in [3.05, 3.63) is 88.0 Å². The molecule has 1 N–H and O–H groups in total. The van der Waals surface area contributed by atoms with Crippen molar-refractivity contribution in [3.63, 3.8) is 0 Å². The number of carbonyl (C=O) groups excluding carboxylic acids is 1. The second-order valence-electron chi connectivity index (χ2n) is 7.36. The molecule has 0 amide bonds. The zero-order valence-corrected chi connectivity index (χ0v) is 17.8. The number of aromatic amines is 1. The van der Waals surface area contributed by atoms with E-state index in [1.807, 2.05) is 54.6 Å². The van der Waals surface area contributed by atoms with Crippen LogP contribution in [0.2, 0.25) is 0 Å². The molecule has 5 aromatic rings. The van der Waals surface area contributed by atoms with Crippen LogP contribution in [0.5, 0.6) is 0 Å². The molecule has 0 radical (unpaired) electrons. The Bertz CT molecular complexity index is 1500. The number of aryl methyl sites for hydroxylation is 2. The summed E-state index contributed by atoms with van der Waals surface area (Å²) in [5.74, 6) is 0.601. The molecule has 2 aromatic carbocycles. The van der Waals surface area contributed by atoms with Crippen LogP contribution in [-0.2, 0) is 0 Å². The number of hydrogen-bond donors (Lipinski definition) is 1. The summed E-state index contributed by atoms with van der Waals surface area (Å²) in [6.45, 7) is 3.96. The zero-order chi connectivity index (χ0) is 21.5. The number of benzene rings is 2. The number of H-pyrrole nitrogens is 1. The van der Waals surface area contributed by atoms with Gasteiger partial charge in [-0.1, -0.05) is 36.0 Å². The Morgan fingerprint density at radius 2 is 1.90 bits per heavy atom. The standard InChI is InChI=1S/C23H19N5O2S/c1-14-9-10-15(2)19(12-14)27-21(30)16-6-3-4-8-18(16)28-22(27)25-26-23(28)31-13-20(29)17-7-5-11-24-17/h3-12,24H,13H2,1-2H3. The van der Waals surface area contributed by atoms with Gasteiger partial charge in [-0.2, -0.15) is 0 Å². The van der Waals surface area contributed by atoms with E-state index in [1.54, 1.807) is 29.0 Å². The second kappa shape index (κ2) is 7.55. The third-order valence-electron chi connectivity index (χ3n) is 5.23. The number of thioether (sulfide) groups is 1. The fourth-order valence-electron chi connectivity index (χ4n) is 3.66. The molecule has 0 aliphatic rings. The van der Waals surface area contributed by atoms with E-state index in [0.717, 1.165) is 16.8 Å². The summed E-state index contributed by atoms with van der Waals surface area (Å²) >= 11 is 1.30. The maximum Gasteiger partial charge on any atom is 0.267 e. The number of fused-ring (bicyclic) bond motifs is 3. The monoisotopic (exact) mass is 429 g/mol. The molecule has 3 heterocycles. The molecule has 0 atom stereocenters. The highest BCUT2D eigenvalue weighted by Crippen LogP contribution is 2.25. The number of aromatic nitrogens is 5. The number of carbonyl (C=O) groups is 1. The van der Waals surface area contributed by atoms with Crippen molar-refractivity contribution in [1.29, 1.82) is 0 Å². The first-order chi connectivity index (χ1) is 15.0. The number of para-hydroxylation sites is 1. The molecule has 154 valence electrons. The lowest BCUT2D eigenvalue weighted by Gasteiger charge is -2.14. The van der Waals surface area contributed by atoms with Crippen LogP contribution in [0, 0.1) is 13.8 Å². The molecule has 3 aromatic heterocycles. The first kappa shape index (κ1) is 19.3. The average molecular weight is 430 g/mol. The molecule has 7 nitrogen and oxygen atoms in total. The molecule has 0 unspecified atom stereocenters. The Hall–Kier alpha value is -3.65. The molecule has 31 heavy (non-hydrogen) atoms. The van der Waals surface area contributed by atoms with Gasteiger partial charge in [0, 0.05) is 6.20 Å². The lowest BCUT2D eigenvalue weighted by molar-refractivity contribution is 0.101. The van der Waals surface area contributed by atoms with E-state index in [9.17, 15) is 9.59 Å². The first-order valence-corrected chi connectivity index (χ1v) is 10.8. The van der Waals surface area contributed by atoms with Crippen LogP contribution in [0.1, 0.15) is 21.6 Å². The molecule has 5 rings (SSSR count). The maximum absolute atomic E-state index is 13.5. The van der Waals surface area contributed by atoms with Gasteiger partial charge in [-0.3, -0.25) is 14.0 Å². The fraction of sp³-hybridized carbons (Fsp3) is 0.130. The molecule has 0 spiro atoms. The van der Waals surface area contributed by atoms with Crippen molar-refractivity contribution in [2.75, 3.05) is 5.75 Å². The Morgan fingerprint density at radius 3 is 2.71 bits per heavy atom. The van der Waals surface area contributed by atoms with Crippen molar-refractivity contribution in [1.82, 2.24) is 24.1 Å². The minimum atomic E-state index is -0.150. The SMILES string of the molecule is Cc1ccc(C)c(-n2c(=O)c3ccccc3n3c(SCC(=O)c4ccc[nH]4)nnc23)c1. The van der Waals surface area contributed by atoms with Crippen LogP contribution < -0.4 is 5.56 Å². The van der Waals surface area contributed by atoms with Gasteiger partial charge in [-0.25, -0.2) is 4.57 Å². The van der Waals surface area contributed by atoms with Crippen LogP contribution in [0.15, 0.2) is 70.7 Å². The molecule has 0 saturated carbocycles. The number of nitrogens with zero attached hydrogens (tertiary/aromatic N) is 4. The second-order valence-corrected chi connectivity index (χ2v) is 8.30. The van der Waals surface area contributed by atoms with Crippen molar-refractivity contribution in [3.8, 4) is 5.69 Å². The minimum absolute atomic E-state index is 0.0288. The molecule has 0 bridgehead atoms. The van der Waals surface area contributed by atoms with Crippen LogP contribution in [0.4, 0.5) is 0 Å². The lowest BCUT2D eigenvalue weighted by Crippen LogP contribution is -2.22. The van der Waals surface area contributed by atoms with Crippen molar-refractivity contribution in [2.24, 2.45) is 0 Å². The third-order valence-corrected chi connectivity index (χ3v) is 6.16. The largest absolute Gasteiger partial charge is 0.359 e. The Morgan fingerprint density at radius 1 is 1.06 bits per heavy atom. The predicted octanol–water partition coefficient (Wildman–Crippen LogP) is 3.95. The van der Waals surface area contributed by atoms with Crippen LogP contribution >= 0.6 is 11.8 Å². The molecule has 0 aliphatic heterocycles. The zero-order valence-electron chi connectivity index (χ0n) is 17.0. The summed E-state index contributed by atoms with van der Waals surface area (Å²) in [6, 6.07) is 16.9. The van der Waals surface area contributed by atoms with Crippen LogP contribution in [0.25, 0.3) is 22.4 Å². The van der Waals surface area contributed by atoms with Crippen molar-refractivity contribution < 1.29 is 4.79 Å². The van der Waals surface area contributed by atoms with E-state index in [2.05, 4.69) is 15.2 Å². The van der Waals surface area contributed by atoms with Crippen LogP contribution in [-0.4, -0.2) is 35.7 Å². The summed E-state index contributed by atoms with van der Waals surface area (Å²) in [5, 5.41) is 9.81. The maximum atomic E-state index is 13.5. The van der Waals surface area contributed by atoms with Gasteiger partial charge >= 0.3 is 0 Å². The Labute approximate surface area is 181 Å². The highest BCUT2D eigenvalue weighted by molar-refractivity contribution is 7.99. The van der Waals surface area contributed by atoms with E-state index in [0.29, 0.717) is 27.5 Å². The van der Waals surface area contributed by atoms with Crippen LogP contribution in [0.3, 0.4) is 0 Å². The summed E-state index contributed by atoms with van der Waals surface area (Å²) in [7, 11) is 0. The number of nitrogens with one attached hydrogen (secondary N) is 1. The van der Waals surface area contributed by atoms with E-state index >= 15 is 0 Å². The number of ketones is 1. The summed E-state index contributed by atoms with van der Waals surface area (Å²) < 4.78 is 3.46. The Kier molecular flexibility index (Phi) is 4.71. The average Bonchev–Trinajstić information content (AvgIpc) is 3.45. The highest BCUT2D eigenvalue weighted by atomic mass is 32.2. The molecular weight excluding hydrogens is 410 g/mol. The molecule has 8 heteroatoms. The van der Waals surface area contributed by atoms with E-state index < -0.39 is 0 Å². The quantitative estimate of drug-likeness (QED) is 0.338. The van der Waals surface area contributed by atoms with Gasteiger partial charge in [0.2, 0.25) is 5.78 Å². The summed E-state index contributed by atoms with van der Waals surface area (Å²) in [5.41, 5.74) is 3.89. The Balaban J connectivity index is 1.72. The summed E-state index contributed by atoms with van der Waals surface area (Å²) in [6.07, 6.45) is 1.72. The van der Waals surface area contributed by atoms with E-state index in [-0.39, 0.29) is 17.1 Å². The van der Waals surface area contributed by atoms with Gasteiger partial charge in [-0.05, 0) is 55.3 Å². The van der Waals surface area contributed by atoms with Gasteiger partial charge in [-0.15, -0.1) is 10.2 Å². The van der Waals surface area contributed by atoms with E-state index in [4.69, 9.17) is 0 Å². The first-order valence-electron chi connectivity index (χ1n) is 9.80. The fourth-order valence-corrected chi connectivity index (χ4v) is 4.48. The number of Topliss-reactive ketones (excluding diaryl/α,β-unsaturated/α-hetero) is 1. The van der Waals surface area contributed by atoms with Gasteiger partial charge in [0.1, 0.15) is 0 Å². The van der Waals surface area contributed by atoms with Gasteiger partial charge in [0.15, 0.2) is 10.9 Å². The topological polar surface area (TPSA) is 85.0 Å². The molecule has 0 aliphatic carbocycles. The van der Waals surface area contributed by atoms with Crippen molar-refractivity contribution >= 4 is 34.2 Å². The van der Waals surface area contributed by atoms with Gasteiger partial charge in [0.05, 0.1) is 28.0 Å². The normalized spacial score (nSPS) is 11.4. The number of hydrogen-bond acceptors (Lipinski definition) is 5. The smallest absolute Gasteiger partial charge is 0.267 e. The minimum Gasteiger partial charge on any atom is -0.359 e. The number of rotatable bonds is 5.